The van der Waals surface area contributed by atoms with Crippen LogP contribution in [0.15, 0.2) is 23.3 Å². The van der Waals surface area contributed by atoms with Crippen molar-refractivity contribution < 1.29 is 4.74 Å². The molecule has 0 spiro atoms. The quantitative estimate of drug-likeness (QED) is 0.876. The fourth-order valence-electron chi connectivity index (χ4n) is 3.51. The highest BCUT2D eigenvalue weighted by Gasteiger charge is 2.31. The molecular weight excluding hydrogens is 266 g/mol. The number of nitrogens with one attached hydrogen (secondary N) is 1. The zero-order valence-corrected chi connectivity index (χ0v) is 13.2. The Morgan fingerprint density at radius 1 is 1.40 bits per heavy atom. The molecule has 0 radical (unpaired) electrons. The van der Waals surface area contributed by atoms with Crippen LogP contribution < -0.4 is 5.32 Å². The standard InChI is InChI=1S/C17H25NOS/c1-2-9-18-17(13-5-4-10-19-12-13)15-6-3-7-16-14(15)8-11-20-16/h8,11-12,15,17-18H,2-7,9-10H2,1H3. The molecule has 1 aromatic rings. The molecule has 1 aromatic heterocycles. The van der Waals surface area contributed by atoms with Crippen molar-refractivity contribution in [1.29, 1.82) is 0 Å². The number of thiophene rings is 1. The molecule has 1 aliphatic heterocycles. The average Bonchev–Trinajstić information content (AvgIpc) is 2.98. The number of rotatable bonds is 5. The first-order chi connectivity index (χ1) is 9.90. The Kier molecular flexibility index (Phi) is 4.79. The van der Waals surface area contributed by atoms with Crippen molar-refractivity contribution in [3.63, 3.8) is 0 Å². The zero-order valence-electron chi connectivity index (χ0n) is 12.4. The van der Waals surface area contributed by atoms with Gasteiger partial charge in [-0.1, -0.05) is 6.92 Å². The van der Waals surface area contributed by atoms with Gasteiger partial charge in [0.25, 0.3) is 0 Å². The maximum Gasteiger partial charge on any atom is 0.0876 e. The Balaban J connectivity index is 1.84. The molecule has 0 amide bonds. The van der Waals surface area contributed by atoms with Gasteiger partial charge >= 0.3 is 0 Å². The van der Waals surface area contributed by atoms with E-state index in [1.54, 1.807) is 10.4 Å². The number of hydrogen-bond donors (Lipinski definition) is 1. The maximum atomic E-state index is 5.60. The van der Waals surface area contributed by atoms with Crippen LogP contribution in [0.25, 0.3) is 0 Å². The largest absolute Gasteiger partial charge is 0.501 e. The highest BCUT2D eigenvalue weighted by atomic mass is 32.1. The second-order valence-corrected chi connectivity index (χ2v) is 6.90. The molecule has 110 valence electrons. The van der Waals surface area contributed by atoms with Crippen molar-refractivity contribution in [3.8, 4) is 0 Å². The molecule has 3 heteroatoms. The summed E-state index contributed by atoms with van der Waals surface area (Å²) in [4.78, 5) is 1.61. The van der Waals surface area contributed by atoms with Crippen LogP contribution in [-0.2, 0) is 11.2 Å². The van der Waals surface area contributed by atoms with Crippen LogP contribution in [0.1, 0.15) is 55.4 Å². The molecule has 2 atom stereocenters. The van der Waals surface area contributed by atoms with Crippen LogP contribution in [0.3, 0.4) is 0 Å². The Morgan fingerprint density at radius 3 is 3.15 bits per heavy atom. The molecule has 0 bridgehead atoms. The van der Waals surface area contributed by atoms with Crippen LogP contribution in [-0.4, -0.2) is 19.2 Å². The van der Waals surface area contributed by atoms with Gasteiger partial charge in [0.1, 0.15) is 0 Å². The van der Waals surface area contributed by atoms with E-state index in [0.29, 0.717) is 12.0 Å². The zero-order chi connectivity index (χ0) is 13.8. The summed E-state index contributed by atoms with van der Waals surface area (Å²) >= 11 is 1.94. The summed E-state index contributed by atoms with van der Waals surface area (Å²) < 4.78 is 5.60. The first-order valence-corrected chi connectivity index (χ1v) is 8.88. The topological polar surface area (TPSA) is 21.3 Å². The molecule has 2 unspecified atom stereocenters. The smallest absolute Gasteiger partial charge is 0.0876 e. The molecule has 0 saturated carbocycles. The van der Waals surface area contributed by atoms with E-state index in [1.807, 2.05) is 17.6 Å². The number of hydrogen-bond acceptors (Lipinski definition) is 3. The lowest BCUT2D eigenvalue weighted by atomic mass is 9.78. The van der Waals surface area contributed by atoms with Gasteiger partial charge in [-0.05, 0) is 67.7 Å². The van der Waals surface area contributed by atoms with E-state index in [2.05, 4.69) is 23.7 Å². The normalized spacial score (nSPS) is 23.6. The lowest BCUT2D eigenvalue weighted by Crippen LogP contribution is -2.39. The van der Waals surface area contributed by atoms with Gasteiger partial charge in [0.2, 0.25) is 0 Å². The molecule has 1 aliphatic carbocycles. The molecule has 2 heterocycles. The molecule has 3 rings (SSSR count). The van der Waals surface area contributed by atoms with Gasteiger partial charge in [0.05, 0.1) is 12.9 Å². The first-order valence-electron chi connectivity index (χ1n) is 8.00. The van der Waals surface area contributed by atoms with Crippen molar-refractivity contribution in [1.82, 2.24) is 5.32 Å². The monoisotopic (exact) mass is 291 g/mol. The number of fused-ring (bicyclic) bond motifs is 1. The Morgan fingerprint density at radius 2 is 2.35 bits per heavy atom. The van der Waals surface area contributed by atoms with Gasteiger partial charge in [0, 0.05) is 16.8 Å². The summed E-state index contributed by atoms with van der Waals surface area (Å²) in [5.74, 6) is 0.643. The van der Waals surface area contributed by atoms with Crippen LogP contribution in [0.4, 0.5) is 0 Å². The minimum Gasteiger partial charge on any atom is -0.501 e. The van der Waals surface area contributed by atoms with E-state index in [-0.39, 0.29) is 0 Å². The fraction of sp³-hybridized carbons (Fsp3) is 0.647. The van der Waals surface area contributed by atoms with Crippen molar-refractivity contribution in [3.05, 3.63) is 33.7 Å². The molecule has 2 nitrogen and oxygen atoms in total. The van der Waals surface area contributed by atoms with Crippen molar-refractivity contribution in [2.75, 3.05) is 13.2 Å². The predicted molar refractivity (Wildman–Crippen MR) is 85.3 cm³/mol. The van der Waals surface area contributed by atoms with E-state index >= 15 is 0 Å². The van der Waals surface area contributed by atoms with Gasteiger partial charge < -0.3 is 10.1 Å². The minimum absolute atomic E-state index is 0.476. The first kappa shape index (κ1) is 14.2. The summed E-state index contributed by atoms with van der Waals surface area (Å²) in [7, 11) is 0. The number of aryl methyl sites for hydroxylation is 1. The lowest BCUT2D eigenvalue weighted by molar-refractivity contribution is 0.216. The van der Waals surface area contributed by atoms with E-state index in [9.17, 15) is 0 Å². The SMILES string of the molecule is CCCNC(C1=COCCC1)C1CCCc2sccc21. The van der Waals surface area contributed by atoms with Gasteiger partial charge in [0.15, 0.2) is 0 Å². The minimum atomic E-state index is 0.476. The molecular formula is C17H25NOS. The average molecular weight is 291 g/mol. The maximum absolute atomic E-state index is 5.60. The van der Waals surface area contributed by atoms with E-state index in [1.165, 1.54) is 44.1 Å². The van der Waals surface area contributed by atoms with E-state index < -0.39 is 0 Å². The Hall–Kier alpha value is -0.800. The van der Waals surface area contributed by atoms with Gasteiger partial charge in [-0.2, -0.15) is 0 Å². The Labute approximate surface area is 126 Å². The summed E-state index contributed by atoms with van der Waals surface area (Å²) in [5.41, 5.74) is 3.08. The highest BCUT2D eigenvalue weighted by Crippen LogP contribution is 2.39. The fourth-order valence-corrected chi connectivity index (χ4v) is 4.51. The Bertz CT molecular complexity index is 465. The lowest BCUT2D eigenvalue weighted by Gasteiger charge is -2.34. The third kappa shape index (κ3) is 2.94. The van der Waals surface area contributed by atoms with Gasteiger partial charge in [-0.15, -0.1) is 11.3 Å². The highest BCUT2D eigenvalue weighted by molar-refractivity contribution is 7.10. The van der Waals surface area contributed by atoms with Crippen molar-refractivity contribution in [2.24, 2.45) is 0 Å². The van der Waals surface area contributed by atoms with Crippen LogP contribution in [0.2, 0.25) is 0 Å². The van der Waals surface area contributed by atoms with Gasteiger partial charge in [-0.3, -0.25) is 0 Å². The molecule has 0 fully saturated rings. The molecule has 0 saturated heterocycles. The van der Waals surface area contributed by atoms with Crippen molar-refractivity contribution >= 4 is 11.3 Å². The summed E-state index contributed by atoms with van der Waals surface area (Å²) in [5, 5.41) is 6.07. The van der Waals surface area contributed by atoms with E-state index in [4.69, 9.17) is 4.74 Å². The summed E-state index contributed by atoms with van der Waals surface area (Å²) in [6.45, 7) is 4.23. The summed E-state index contributed by atoms with van der Waals surface area (Å²) in [6.07, 6.45) is 9.50. The van der Waals surface area contributed by atoms with Crippen molar-refractivity contribution in [2.45, 2.75) is 57.4 Å². The summed E-state index contributed by atoms with van der Waals surface area (Å²) in [6, 6.07) is 2.83. The number of ether oxygens (including phenoxy) is 1. The second-order valence-electron chi connectivity index (χ2n) is 5.90. The van der Waals surface area contributed by atoms with Crippen LogP contribution in [0.5, 0.6) is 0 Å². The third-order valence-corrected chi connectivity index (χ3v) is 5.47. The van der Waals surface area contributed by atoms with E-state index in [0.717, 1.165) is 13.2 Å². The van der Waals surface area contributed by atoms with Crippen LogP contribution >= 0.6 is 11.3 Å². The van der Waals surface area contributed by atoms with Crippen LogP contribution in [0, 0.1) is 0 Å². The van der Waals surface area contributed by atoms with Gasteiger partial charge in [-0.25, -0.2) is 0 Å². The molecule has 0 aromatic carbocycles. The molecule has 1 N–H and O–H groups in total. The third-order valence-electron chi connectivity index (χ3n) is 4.48. The second kappa shape index (κ2) is 6.77. The molecule has 20 heavy (non-hydrogen) atoms. The predicted octanol–water partition coefficient (Wildman–Crippen LogP) is 4.23. The molecule has 2 aliphatic rings.